The Morgan fingerprint density at radius 3 is 2.62 bits per heavy atom. The highest BCUT2D eigenvalue weighted by Gasteiger charge is 2.18. The van der Waals surface area contributed by atoms with Gasteiger partial charge in [-0.3, -0.25) is 4.79 Å². The van der Waals surface area contributed by atoms with Crippen molar-refractivity contribution in [3.8, 4) is 0 Å². The van der Waals surface area contributed by atoms with Crippen molar-refractivity contribution in [1.29, 1.82) is 0 Å². The summed E-state index contributed by atoms with van der Waals surface area (Å²) in [6.07, 6.45) is 2.87. The number of hydrogen-bond donors (Lipinski definition) is 2. The largest absolute Gasteiger partial charge is 0.386 e. The Bertz CT molecular complexity index is 271. The van der Waals surface area contributed by atoms with Crippen LogP contribution in [0.1, 0.15) is 26.7 Å². The third kappa shape index (κ3) is 3.03. The van der Waals surface area contributed by atoms with E-state index in [0.717, 1.165) is 5.57 Å². The first-order chi connectivity index (χ1) is 5.88. The molecule has 0 atom stereocenters. The van der Waals surface area contributed by atoms with Crippen LogP contribution in [0.4, 0.5) is 0 Å². The van der Waals surface area contributed by atoms with Gasteiger partial charge in [-0.05, 0) is 31.9 Å². The number of allylic oxidation sites excluding steroid dienone is 1. The minimum Gasteiger partial charge on any atom is -0.386 e. The van der Waals surface area contributed by atoms with Crippen molar-refractivity contribution in [2.24, 2.45) is 0 Å². The Morgan fingerprint density at radius 1 is 1.54 bits per heavy atom. The van der Waals surface area contributed by atoms with Gasteiger partial charge in [-0.2, -0.15) is 0 Å². The van der Waals surface area contributed by atoms with Crippen LogP contribution in [0.3, 0.4) is 0 Å². The number of aliphatic hydroxyl groups is 1. The van der Waals surface area contributed by atoms with Crippen LogP contribution >= 0.6 is 0 Å². The van der Waals surface area contributed by atoms with E-state index in [1.54, 1.807) is 19.9 Å². The molecule has 0 radical (unpaired) electrons. The Hall–Kier alpha value is -1.09. The highest BCUT2D eigenvalue weighted by atomic mass is 16.3. The summed E-state index contributed by atoms with van der Waals surface area (Å²) >= 11 is 0. The molecular weight excluding hydrogens is 166 g/mol. The number of rotatable bonds is 1. The van der Waals surface area contributed by atoms with Crippen LogP contribution < -0.4 is 5.32 Å². The van der Waals surface area contributed by atoms with Crippen LogP contribution in [0.2, 0.25) is 0 Å². The third-order valence-corrected chi connectivity index (χ3v) is 1.83. The molecular formula is C10H15NO2. The first-order valence-electron chi connectivity index (χ1n) is 4.32. The molecule has 2 N–H and O–H groups in total. The van der Waals surface area contributed by atoms with Gasteiger partial charge in [0.15, 0.2) is 0 Å². The Balaban J connectivity index is 2.78. The molecule has 0 bridgehead atoms. The van der Waals surface area contributed by atoms with Gasteiger partial charge in [0.05, 0.1) is 5.60 Å². The van der Waals surface area contributed by atoms with Crippen LogP contribution in [0.5, 0.6) is 0 Å². The summed E-state index contributed by atoms with van der Waals surface area (Å²) in [7, 11) is 0. The topological polar surface area (TPSA) is 49.3 Å². The lowest BCUT2D eigenvalue weighted by Gasteiger charge is -2.21. The first-order valence-corrected chi connectivity index (χ1v) is 4.32. The van der Waals surface area contributed by atoms with Gasteiger partial charge in [-0.15, -0.1) is 0 Å². The summed E-state index contributed by atoms with van der Waals surface area (Å²) in [5.41, 5.74) is 0.686. The van der Waals surface area contributed by atoms with Gasteiger partial charge in [-0.25, -0.2) is 0 Å². The van der Waals surface area contributed by atoms with Gasteiger partial charge in [-0.1, -0.05) is 6.58 Å². The summed E-state index contributed by atoms with van der Waals surface area (Å²) < 4.78 is 0. The van der Waals surface area contributed by atoms with E-state index in [-0.39, 0.29) is 5.91 Å². The van der Waals surface area contributed by atoms with Crippen molar-refractivity contribution in [3.05, 3.63) is 23.9 Å². The molecule has 72 valence electrons. The molecule has 1 aliphatic rings. The molecule has 1 fully saturated rings. The highest BCUT2D eigenvalue weighted by molar-refractivity contribution is 5.80. The molecule has 0 unspecified atom stereocenters. The van der Waals surface area contributed by atoms with Crippen LogP contribution in [0.15, 0.2) is 23.9 Å². The van der Waals surface area contributed by atoms with Crippen LogP contribution in [-0.4, -0.2) is 16.6 Å². The summed E-state index contributed by atoms with van der Waals surface area (Å²) in [5.74, 6) is -0.00195. The van der Waals surface area contributed by atoms with E-state index in [1.165, 1.54) is 0 Å². The molecule has 1 rings (SSSR count). The molecule has 1 heterocycles. The molecule has 0 aromatic heterocycles. The van der Waals surface area contributed by atoms with Crippen LogP contribution in [0, 0.1) is 0 Å². The van der Waals surface area contributed by atoms with Crippen molar-refractivity contribution in [3.63, 3.8) is 0 Å². The summed E-state index contributed by atoms with van der Waals surface area (Å²) in [6.45, 7) is 7.12. The Kier molecular flexibility index (Phi) is 2.57. The molecule has 3 heteroatoms. The lowest BCUT2D eigenvalue weighted by Crippen LogP contribution is -2.29. The maximum Gasteiger partial charge on any atom is 0.224 e. The summed E-state index contributed by atoms with van der Waals surface area (Å²) in [4.78, 5) is 10.9. The number of carbonyl (C=O) groups excluding carboxylic acids is 1. The zero-order valence-electron chi connectivity index (χ0n) is 8.05. The summed E-state index contributed by atoms with van der Waals surface area (Å²) in [5, 5.41) is 12.2. The van der Waals surface area contributed by atoms with E-state index < -0.39 is 5.60 Å². The zero-order chi connectivity index (χ0) is 10.1. The molecule has 0 aromatic rings. The molecule has 1 aliphatic heterocycles. The normalized spacial score (nSPS) is 21.9. The van der Waals surface area contributed by atoms with Gasteiger partial charge in [0, 0.05) is 12.1 Å². The smallest absolute Gasteiger partial charge is 0.224 e. The minimum atomic E-state index is -0.847. The van der Waals surface area contributed by atoms with Crippen LogP contribution in [0.25, 0.3) is 0 Å². The summed E-state index contributed by atoms with van der Waals surface area (Å²) in [6, 6.07) is 0. The average molecular weight is 181 g/mol. The SMILES string of the molecule is C=C1NC(=O)CC/C1=C/C(C)(C)O. The molecule has 3 nitrogen and oxygen atoms in total. The predicted molar refractivity (Wildman–Crippen MR) is 50.9 cm³/mol. The number of amides is 1. The predicted octanol–water partition coefficient (Wildman–Crippen LogP) is 1.11. The number of nitrogens with one attached hydrogen (secondary N) is 1. The molecule has 0 saturated carbocycles. The van der Waals surface area contributed by atoms with E-state index >= 15 is 0 Å². The maximum atomic E-state index is 10.9. The van der Waals surface area contributed by atoms with Gasteiger partial charge in [0.1, 0.15) is 0 Å². The molecule has 0 aromatic carbocycles. The fraction of sp³-hybridized carbons (Fsp3) is 0.500. The lowest BCUT2D eigenvalue weighted by atomic mass is 9.97. The Labute approximate surface area is 78.1 Å². The average Bonchev–Trinajstić information content (AvgIpc) is 1.93. The molecule has 1 amide bonds. The van der Waals surface area contributed by atoms with Crippen molar-refractivity contribution < 1.29 is 9.90 Å². The van der Waals surface area contributed by atoms with Crippen molar-refractivity contribution in [2.45, 2.75) is 32.3 Å². The third-order valence-electron chi connectivity index (χ3n) is 1.83. The standard InChI is InChI=1S/C10H15NO2/c1-7-8(6-10(2,3)13)4-5-9(12)11-7/h6,13H,1,4-5H2,2-3H3,(H,11,12)/b8-6-. The van der Waals surface area contributed by atoms with Crippen molar-refractivity contribution in [2.75, 3.05) is 0 Å². The molecule has 1 saturated heterocycles. The second-order valence-electron chi connectivity index (χ2n) is 3.85. The van der Waals surface area contributed by atoms with Crippen molar-refractivity contribution >= 4 is 5.91 Å². The molecule has 13 heavy (non-hydrogen) atoms. The van der Waals surface area contributed by atoms with Gasteiger partial charge >= 0.3 is 0 Å². The fourth-order valence-corrected chi connectivity index (χ4v) is 1.30. The fourth-order valence-electron chi connectivity index (χ4n) is 1.30. The minimum absolute atomic E-state index is 0.00195. The highest BCUT2D eigenvalue weighted by Crippen LogP contribution is 2.21. The van der Waals surface area contributed by atoms with E-state index in [4.69, 9.17) is 0 Å². The molecule has 0 aliphatic carbocycles. The first kappa shape index (κ1) is 9.99. The second kappa shape index (κ2) is 3.34. The zero-order valence-corrected chi connectivity index (χ0v) is 8.05. The van der Waals surface area contributed by atoms with Gasteiger partial charge in [0.2, 0.25) is 5.91 Å². The van der Waals surface area contributed by atoms with Gasteiger partial charge in [0.25, 0.3) is 0 Å². The molecule has 0 spiro atoms. The van der Waals surface area contributed by atoms with Crippen LogP contribution in [-0.2, 0) is 4.79 Å². The Morgan fingerprint density at radius 2 is 2.15 bits per heavy atom. The maximum absolute atomic E-state index is 10.9. The number of hydrogen-bond acceptors (Lipinski definition) is 2. The second-order valence-corrected chi connectivity index (χ2v) is 3.85. The van der Waals surface area contributed by atoms with E-state index in [2.05, 4.69) is 11.9 Å². The lowest BCUT2D eigenvalue weighted by molar-refractivity contribution is -0.120. The monoisotopic (exact) mass is 181 g/mol. The van der Waals surface area contributed by atoms with E-state index in [1.807, 2.05) is 0 Å². The van der Waals surface area contributed by atoms with E-state index in [9.17, 15) is 9.90 Å². The van der Waals surface area contributed by atoms with Crippen molar-refractivity contribution in [1.82, 2.24) is 5.32 Å². The quantitative estimate of drug-likeness (QED) is 0.636. The van der Waals surface area contributed by atoms with E-state index in [0.29, 0.717) is 18.5 Å². The van der Waals surface area contributed by atoms with Gasteiger partial charge < -0.3 is 10.4 Å². The number of carbonyl (C=O) groups is 1. The number of piperidine rings is 1.